The second kappa shape index (κ2) is 8.43. The second-order valence-corrected chi connectivity index (χ2v) is 5.44. The molecule has 0 saturated carbocycles. The van der Waals surface area contributed by atoms with Crippen molar-refractivity contribution in [3.8, 4) is 0 Å². The quantitative estimate of drug-likeness (QED) is 0.828. The van der Waals surface area contributed by atoms with Crippen LogP contribution in [0.2, 0.25) is 0 Å². The molecular formula is C17H22FN3O2. The first-order valence-electron chi connectivity index (χ1n) is 7.80. The number of amides is 2. The molecule has 1 aromatic carbocycles. The standard InChI is InChI=1S/C17H22FN3O2/c1-2-19-16(22)13-20-8-10-21(11-9-20)17(23)7-6-14-4-3-5-15(18)12-14/h3-7,12H,2,8-11,13H2,1H3,(H,19,22)/b7-6+. The van der Waals surface area contributed by atoms with Gasteiger partial charge in [-0.05, 0) is 30.7 Å². The van der Waals surface area contributed by atoms with E-state index in [4.69, 9.17) is 0 Å². The van der Waals surface area contributed by atoms with Crippen molar-refractivity contribution in [2.75, 3.05) is 39.3 Å². The van der Waals surface area contributed by atoms with Crippen LogP contribution in [0.1, 0.15) is 12.5 Å². The maximum Gasteiger partial charge on any atom is 0.246 e. The summed E-state index contributed by atoms with van der Waals surface area (Å²) in [6.07, 6.45) is 3.08. The SMILES string of the molecule is CCNC(=O)CN1CCN(C(=O)/C=C/c2cccc(F)c2)CC1. The maximum atomic E-state index is 13.1. The number of halogens is 1. The molecule has 2 amide bonds. The summed E-state index contributed by atoms with van der Waals surface area (Å²) in [5, 5.41) is 2.77. The van der Waals surface area contributed by atoms with E-state index in [9.17, 15) is 14.0 Å². The van der Waals surface area contributed by atoms with Crippen LogP contribution in [0.3, 0.4) is 0 Å². The lowest BCUT2D eigenvalue weighted by Crippen LogP contribution is -2.50. The molecular weight excluding hydrogens is 297 g/mol. The summed E-state index contributed by atoms with van der Waals surface area (Å²) in [6.45, 7) is 5.42. The van der Waals surface area contributed by atoms with Gasteiger partial charge in [0.25, 0.3) is 0 Å². The molecule has 0 aliphatic carbocycles. The summed E-state index contributed by atoms with van der Waals surface area (Å²) >= 11 is 0. The molecule has 1 saturated heterocycles. The van der Waals surface area contributed by atoms with Crippen LogP contribution >= 0.6 is 0 Å². The van der Waals surface area contributed by atoms with E-state index >= 15 is 0 Å². The number of hydrogen-bond acceptors (Lipinski definition) is 3. The van der Waals surface area contributed by atoms with E-state index < -0.39 is 0 Å². The number of nitrogens with one attached hydrogen (secondary N) is 1. The van der Waals surface area contributed by atoms with Gasteiger partial charge in [-0.1, -0.05) is 12.1 Å². The number of piperazine rings is 1. The number of benzene rings is 1. The van der Waals surface area contributed by atoms with E-state index in [0.717, 1.165) is 0 Å². The molecule has 1 aromatic rings. The molecule has 0 spiro atoms. The Morgan fingerprint density at radius 1 is 1.26 bits per heavy atom. The molecule has 2 rings (SSSR count). The summed E-state index contributed by atoms with van der Waals surface area (Å²) in [6, 6.07) is 6.11. The number of likely N-dealkylation sites (N-methyl/N-ethyl adjacent to an activating group) is 1. The largest absolute Gasteiger partial charge is 0.355 e. The number of hydrogen-bond donors (Lipinski definition) is 1. The Labute approximate surface area is 135 Å². The minimum atomic E-state index is -0.321. The summed E-state index contributed by atoms with van der Waals surface area (Å²) in [5.41, 5.74) is 0.660. The van der Waals surface area contributed by atoms with Crippen LogP contribution in [-0.2, 0) is 9.59 Å². The first kappa shape index (κ1) is 17.1. The zero-order chi connectivity index (χ0) is 16.7. The summed E-state index contributed by atoms with van der Waals surface area (Å²) in [4.78, 5) is 27.4. The first-order valence-corrected chi connectivity index (χ1v) is 7.80. The van der Waals surface area contributed by atoms with Crippen molar-refractivity contribution in [2.24, 2.45) is 0 Å². The molecule has 1 fully saturated rings. The monoisotopic (exact) mass is 319 g/mol. The molecule has 0 bridgehead atoms. The van der Waals surface area contributed by atoms with Gasteiger partial charge in [0, 0.05) is 38.8 Å². The van der Waals surface area contributed by atoms with Gasteiger partial charge >= 0.3 is 0 Å². The zero-order valence-electron chi connectivity index (χ0n) is 13.3. The third-order valence-corrected chi connectivity index (χ3v) is 3.69. The zero-order valence-corrected chi connectivity index (χ0v) is 13.3. The molecule has 1 N–H and O–H groups in total. The fourth-order valence-corrected chi connectivity index (χ4v) is 2.47. The van der Waals surface area contributed by atoms with E-state index in [1.54, 1.807) is 23.1 Å². The lowest BCUT2D eigenvalue weighted by Gasteiger charge is -2.33. The van der Waals surface area contributed by atoms with Gasteiger partial charge in [0.15, 0.2) is 0 Å². The molecule has 0 aromatic heterocycles. The molecule has 0 radical (unpaired) electrons. The van der Waals surface area contributed by atoms with Crippen LogP contribution in [0.15, 0.2) is 30.3 Å². The van der Waals surface area contributed by atoms with E-state index in [1.165, 1.54) is 18.2 Å². The van der Waals surface area contributed by atoms with Gasteiger partial charge in [0.05, 0.1) is 6.54 Å². The van der Waals surface area contributed by atoms with Gasteiger partial charge in [0.1, 0.15) is 5.82 Å². The third-order valence-electron chi connectivity index (χ3n) is 3.69. The fourth-order valence-electron chi connectivity index (χ4n) is 2.47. The highest BCUT2D eigenvalue weighted by atomic mass is 19.1. The Morgan fingerprint density at radius 2 is 2.00 bits per heavy atom. The maximum absolute atomic E-state index is 13.1. The fraction of sp³-hybridized carbons (Fsp3) is 0.412. The Bertz CT molecular complexity index is 581. The number of rotatable bonds is 5. The summed E-state index contributed by atoms with van der Waals surface area (Å²) in [5.74, 6) is -0.399. The van der Waals surface area contributed by atoms with Gasteiger partial charge in [-0.2, -0.15) is 0 Å². The van der Waals surface area contributed by atoms with Crippen molar-refractivity contribution in [3.63, 3.8) is 0 Å². The molecule has 0 unspecified atom stereocenters. The van der Waals surface area contributed by atoms with E-state index in [-0.39, 0.29) is 17.6 Å². The molecule has 1 aliphatic heterocycles. The normalized spacial score (nSPS) is 15.8. The molecule has 1 heterocycles. The van der Waals surface area contributed by atoms with E-state index in [0.29, 0.717) is 44.8 Å². The highest BCUT2D eigenvalue weighted by molar-refractivity contribution is 5.91. The number of carbonyl (C=O) groups excluding carboxylic acids is 2. The Kier molecular flexibility index (Phi) is 6.29. The van der Waals surface area contributed by atoms with Crippen LogP contribution < -0.4 is 5.32 Å². The van der Waals surface area contributed by atoms with Crippen molar-refractivity contribution < 1.29 is 14.0 Å². The van der Waals surface area contributed by atoms with Crippen LogP contribution in [0.25, 0.3) is 6.08 Å². The van der Waals surface area contributed by atoms with Crippen molar-refractivity contribution in [1.82, 2.24) is 15.1 Å². The van der Waals surface area contributed by atoms with E-state index in [1.807, 2.05) is 11.8 Å². The number of nitrogens with zero attached hydrogens (tertiary/aromatic N) is 2. The van der Waals surface area contributed by atoms with Crippen LogP contribution in [-0.4, -0.2) is 60.9 Å². The summed E-state index contributed by atoms with van der Waals surface area (Å²) < 4.78 is 13.1. The average Bonchev–Trinajstić information content (AvgIpc) is 2.53. The summed E-state index contributed by atoms with van der Waals surface area (Å²) in [7, 11) is 0. The smallest absolute Gasteiger partial charge is 0.246 e. The van der Waals surface area contributed by atoms with Crippen LogP contribution in [0, 0.1) is 5.82 Å². The highest BCUT2D eigenvalue weighted by Crippen LogP contribution is 2.07. The van der Waals surface area contributed by atoms with Crippen molar-refractivity contribution in [3.05, 3.63) is 41.7 Å². The minimum absolute atomic E-state index is 0.0123. The molecule has 0 atom stereocenters. The Morgan fingerprint density at radius 3 is 2.65 bits per heavy atom. The Hall–Kier alpha value is -2.21. The predicted octanol–water partition coefficient (Wildman–Crippen LogP) is 1.12. The van der Waals surface area contributed by atoms with Crippen LogP contribution in [0.5, 0.6) is 0 Å². The molecule has 1 aliphatic rings. The van der Waals surface area contributed by atoms with Gasteiger partial charge < -0.3 is 10.2 Å². The number of carbonyl (C=O) groups is 2. The first-order chi connectivity index (χ1) is 11.1. The highest BCUT2D eigenvalue weighted by Gasteiger charge is 2.20. The molecule has 23 heavy (non-hydrogen) atoms. The van der Waals surface area contributed by atoms with Crippen molar-refractivity contribution >= 4 is 17.9 Å². The minimum Gasteiger partial charge on any atom is -0.355 e. The van der Waals surface area contributed by atoms with E-state index in [2.05, 4.69) is 5.32 Å². The van der Waals surface area contributed by atoms with Gasteiger partial charge in [-0.15, -0.1) is 0 Å². The lowest BCUT2D eigenvalue weighted by molar-refractivity contribution is -0.128. The van der Waals surface area contributed by atoms with Crippen molar-refractivity contribution in [1.29, 1.82) is 0 Å². The Balaban J connectivity index is 1.80. The molecule has 6 heteroatoms. The predicted molar refractivity (Wildman–Crippen MR) is 87.1 cm³/mol. The third kappa shape index (κ3) is 5.49. The average molecular weight is 319 g/mol. The lowest BCUT2D eigenvalue weighted by atomic mass is 10.2. The van der Waals surface area contributed by atoms with Gasteiger partial charge in [-0.3, -0.25) is 14.5 Å². The molecule has 124 valence electrons. The van der Waals surface area contributed by atoms with Gasteiger partial charge in [-0.25, -0.2) is 4.39 Å². The topological polar surface area (TPSA) is 52.7 Å². The van der Waals surface area contributed by atoms with Gasteiger partial charge in [0.2, 0.25) is 11.8 Å². The molecule has 5 nitrogen and oxygen atoms in total. The van der Waals surface area contributed by atoms with Crippen LogP contribution in [0.4, 0.5) is 4.39 Å². The van der Waals surface area contributed by atoms with Crippen molar-refractivity contribution in [2.45, 2.75) is 6.92 Å². The second-order valence-electron chi connectivity index (χ2n) is 5.44.